The maximum atomic E-state index is 13.2. The molecule has 0 aromatic carbocycles. The van der Waals surface area contributed by atoms with E-state index in [2.05, 4.69) is 18.6 Å². The largest absolute Gasteiger partial charge is 0.299 e. The van der Waals surface area contributed by atoms with Crippen LogP contribution in [0, 0.1) is 34.5 Å². The van der Waals surface area contributed by atoms with Gasteiger partial charge in [0.1, 0.15) is 5.78 Å². The van der Waals surface area contributed by atoms with Crippen LogP contribution in [0.25, 0.3) is 0 Å². The van der Waals surface area contributed by atoms with Crippen LogP contribution in [0.5, 0.6) is 0 Å². The van der Waals surface area contributed by atoms with Crippen molar-refractivity contribution in [2.45, 2.75) is 77.2 Å². The summed E-state index contributed by atoms with van der Waals surface area (Å²) in [6.45, 7) is 4.24. The van der Waals surface area contributed by atoms with Crippen molar-refractivity contribution < 1.29 is 13.2 Å². The number of rotatable bonds is 4. The van der Waals surface area contributed by atoms with E-state index in [1.165, 1.54) is 19.3 Å². The van der Waals surface area contributed by atoms with E-state index >= 15 is 0 Å². The second-order valence-electron chi connectivity index (χ2n) is 10.7. The second kappa shape index (κ2) is 4.89. The Bertz CT molecular complexity index is 690. The SMILES string of the molecule is CC1(C)C2CCC1(CS(=O)(=O)NC13CC4CC(CC(C4)C1)C3)C(=O)C2. The third-order valence-corrected chi connectivity index (χ3v) is 10.6. The molecule has 25 heavy (non-hydrogen) atoms. The Morgan fingerprint density at radius 3 is 2.04 bits per heavy atom. The van der Waals surface area contributed by atoms with Crippen LogP contribution in [-0.2, 0) is 14.8 Å². The zero-order valence-corrected chi connectivity index (χ0v) is 16.3. The van der Waals surface area contributed by atoms with Gasteiger partial charge in [-0.1, -0.05) is 13.8 Å². The minimum absolute atomic E-state index is 0.0179. The van der Waals surface area contributed by atoms with Crippen molar-refractivity contribution in [1.82, 2.24) is 4.72 Å². The summed E-state index contributed by atoms with van der Waals surface area (Å²) >= 11 is 0. The van der Waals surface area contributed by atoms with Gasteiger partial charge in [0.15, 0.2) is 0 Å². The van der Waals surface area contributed by atoms with Gasteiger partial charge in [-0.3, -0.25) is 4.79 Å². The standard InChI is InChI=1S/C20H31NO3S/c1-18(2)16-3-4-20(18,17(22)8-16)12-25(23,24)21-19-9-13-5-14(10-19)7-15(6-13)11-19/h13-16,21H,3-12H2,1-2H3. The molecule has 5 heteroatoms. The van der Waals surface area contributed by atoms with Gasteiger partial charge >= 0.3 is 0 Å². The summed E-state index contributed by atoms with van der Waals surface area (Å²) in [5, 5.41) is 0. The Kier molecular flexibility index (Phi) is 3.27. The molecule has 6 fully saturated rings. The lowest BCUT2D eigenvalue weighted by Crippen LogP contribution is -2.61. The van der Waals surface area contributed by atoms with Gasteiger partial charge in [0, 0.05) is 17.4 Å². The molecule has 6 aliphatic carbocycles. The minimum atomic E-state index is -3.45. The fourth-order valence-electron chi connectivity index (χ4n) is 8.03. The van der Waals surface area contributed by atoms with Crippen molar-refractivity contribution >= 4 is 15.8 Å². The molecule has 0 aliphatic heterocycles. The lowest BCUT2D eigenvalue weighted by Gasteiger charge is -2.56. The van der Waals surface area contributed by atoms with E-state index in [4.69, 9.17) is 0 Å². The predicted octanol–water partition coefficient (Wildman–Crippen LogP) is 3.27. The molecule has 140 valence electrons. The van der Waals surface area contributed by atoms with Crippen molar-refractivity contribution in [3.63, 3.8) is 0 Å². The molecule has 2 atom stereocenters. The number of hydrogen-bond donors (Lipinski definition) is 1. The number of hydrogen-bond acceptors (Lipinski definition) is 3. The molecule has 2 unspecified atom stereocenters. The van der Waals surface area contributed by atoms with Gasteiger partial charge in [-0.2, -0.15) is 0 Å². The molecule has 0 saturated heterocycles. The highest BCUT2D eigenvalue weighted by molar-refractivity contribution is 7.89. The Balaban J connectivity index is 1.40. The Morgan fingerprint density at radius 1 is 1.04 bits per heavy atom. The number of nitrogens with one attached hydrogen (secondary N) is 1. The van der Waals surface area contributed by atoms with Crippen molar-refractivity contribution in [3.05, 3.63) is 0 Å². The van der Waals surface area contributed by atoms with Gasteiger partial charge in [0.05, 0.1) is 5.75 Å². The molecule has 6 saturated carbocycles. The zero-order valence-electron chi connectivity index (χ0n) is 15.5. The first-order valence-electron chi connectivity index (χ1n) is 10.2. The smallest absolute Gasteiger partial charge is 0.213 e. The van der Waals surface area contributed by atoms with E-state index in [9.17, 15) is 13.2 Å². The Morgan fingerprint density at radius 2 is 1.60 bits per heavy atom. The molecular weight excluding hydrogens is 334 g/mol. The van der Waals surface area contributed by atoms with E-state index in [0.717, 1.165) is 32.1 Å². The lowest BCUT2D eigenvalue weighted by molar-refractivity contribution is -0.128. The molecule has 0 amide bonds. The zero-order chi connectivity index (χ0) is 17.7. The van der Waals surface area contributed by atoms with E-state index in [1.807, 2.05) is 0 Å². The number of sulfonamides is 1. The van der Waals surface area contributed by atoms with Gasteiger partial charge in [-0.15, -0.1) is 0 Å². The second-order valence-corrected chi connectivity index (χ2v) is 12.4. The first kappa shape index (κ1) is 16.7. The molecule has 6 bridgehead atoms. The molecule has 1 N–H and O–H groups in total. The van der Waals surface area contributed by atoms with E-state index in [0.29, 0.717) is 30.1 Å². The molecular formula is C20H31NO3S. The average molecular weight is 366 g/mol. The first-order chi connectivity index (χ1) is 11.6. The van der Waals surface area contributed by atoms with E-state index in [-0.39, 0.29) is 22.5 Å². The van der Waals surface area contributed by atoms with Crippen LogP contribution in [0.15, 0.2) is 0 Å². The fourth-order valence-corrected chi connectivity index (χ4v) is 10.3. The molecule has 0 aromatic rings. The average Bonchev–Trinajstić information content (AvgIpc) is 2.77. The van der Waals surface area contributed by atoms with E-state index < -0.39 is 15.4 Å². The number of carbonyl (C=O) groups is 1. The summed E-state index contributed by atoms with van der Waals surface area (Å²) in [5.74, 6) is 2.73. The predicted molar refractivity (Wildman–Crippen MR) is 96.4 cm³/mol. The van der Waals surface area contributed by atoms with Crippen LogP contribution in [-0.4, -0.2) is 25.5 Å². The van der Waals surface area contributed by atoms with Crippen LogP contribution in [0.4, 0.5) is 0 Å². The topological polar surface area (TPSA) is 63.2 Å². The highest BCUT2D eigenvalue weighted by Gasteiger charge is 2.65. The maximum Gasteiger partial charge on any atom is 0.213 e. The normalized spacial score (nSPS) is 49.9. The molecule has 0 radical (unpaired) electrons. The van der Waals surface area contributed by atoms with Gasteiger partial charge in [-0.05, 0) is 80.5 Å². The summed E-state index contributed by atoms with van der Waals surface area (Å²) in [5.41, 5.74) is -1.03. The molecule has 0 aromatic heterocycles. The van der Waals surface area contributed by atoms with Crippen LogP contribution in [0.2, 0.25) is 0 Å². The van der Waals surface area contributed by atoms with Crippen molar-refractivity contribution in [1.29, 1.82) is 0 Å². The molecule has 6 rings (SSSR count). The third kappa shape index (κ3) is 2.27. The van der Waals surface area contributed by atoms with Crippen LogP contribution < -0.4 is 4.72 Å². The quantitative estimate of drug-likeness (QED) is 0.832. The fraction of sp³-hybridized carbons (Fsp3) is 0.950. The highest BCUT2D eigenvalue weighted by atomic mass is 32.2. The number of fused-ring (bicyclic) bond motifs is 2. The Hall–Kier alpha value is -0.420. The summed E-state index contributed by atoms with van der Waals surface area (Å²) in [4.78, 5) is 12.7. The van der Waals surface area contributed by atoms with Crippen molar-refractivity contribution in [3.8, 4) is 0 Å². The van der Waals surface area contributed by atoms with Crippen molar-refractivity contribution in [2.75, 3.05) is 5.75 Å². The number of carbonyl (C=O) groups excluding carboxylic acids is 1. The summed E-state index contributed by atoms with van der Waals surface area (Å²) < 4.78 is 29.6. The van der Waals surface area contributed by atoms with Crippen LogP contribution in [0.1, 0.15) is 71.6 Å². The first-order valence-corrected chi connectivity index (χ1v) is 11.8. The maximum absolute atomic E-state index is 13.2. The summed E-state index contributed by atoms with van der Waals surface area (Å²) in [6, 6.07) is 0. The molecule has 0 heterocycles. The number of Topliss-reactive ketones (excluding diaryl/α,β-unsaturated/α-hetero) is 1. The minimum Gasteiger partial charge on any atom is -0.299 e. The lowest BCUT2D eigenvalue weighted by atomic mass is 9.53. The monoisotopic (exact) mass is 365 g/mol. The van der Waals surface area contributed by atoms with Gasteiger partial charge < -0.3 is 0 Å². The van der Waals surface area contributed by atoms with Crippen molar-refractivity contribution in [2.24, 2.45) is 34.5 Å². The molecule has 6 aliphatic rings. The highest BCUT2D eigenvalue weighted by Crippen LogP contribution is 2.64. The third-order valence-electron chi connectivity index (χ3n) is 8.99. The summed E-state index contributed by atoms with van der Waals surface area (Å²) in [6.07, 6.45) is 9.31. The van der Waals surface area contributed by atoms with Crippen LogP contribution in [0.3, 0.4) is 0 Å². The number of ketones is 1. The van der Waals surface area contributed by atoms with Gasteiger partial charge in [0.2, 0.25) is 10.0 Å². The molecule has 4 nitrogen and oxygen atoms in total. The van der Waals surface area contributed by atoms with Gasteiger partial charge in [0.25, 0.3) is 0 Å². The summed E-state index contributed by atoms with van der Waals surface area (Å²) in [7, 11) is -3.45. The van der Waals surface area contributed by atoms with Gasteiger partial charge in [-0.25, -0.2) is 13.1 Å². The molecule has 0 spiro atoms. The van der Waals surface area contributed by atoms with E-state index in [1.54, 1.807) is 0 Å². The Labute approximate surface area is 151 Å². The van der Waals surface area contributed by atoms with Crippen LogP contribution >= 0.6 is 0 Å².